The smallest absolute Gasteiger partial charge is 0.0178 e. The van der Waals surface area contributed by atoms with Crippen molar-refractivity contribution in [3.05, 3.63) is 33.8 Å². The Bertz CT molecular complexity index is 287. The second-order valence-electron chi connectivity index (χ2n) is 3.47. The van der Waals surface area contributed by atoms with Crippen LogP contribution in [-0.2, 0) is 6.42 Å². The molecule has 64 valence electrons. The van der Waals surface area contributed by atoms with Crippen molar-refractivity contribution >= 4 is 15.9 Å². The van der Waals surface area contributed by atoms with E-state index in [2.05, 4.69) is 41.1 Å². The van der Waals surface area contributed by atoms with Gasteiger partial charge < -0.3 is 0 Å². The predicted molar refractivity (Wildman–Crippen MR) is 55.5 cm³/mol. The summed E-state index contributed by atoms with van der Waals surface area (Å²) in [4.78, 5) is 0. The molecular weight excluding hydrogens is 212 g/mol. The van der Waals surface area contributed by atoms with Gasteiger partial charge in [-0.3, -0.25) is 0 Å². The Labute approximate surface area is 82.1 Å². The maximum Gasteiger partial charge on any atom is 0.0178 e. The van der Waals surface area contributed by atoms with E-state index in [1.54, 1.807) is 5.56 Å². The average Bonchev–Trinajstić information content (AvgIpc) is 2.87. The van der Waals surface area contributed by atoms with Crippen LogP contribution in [0.25, 0.3) is 0 Å². The molecule has 0 aromatic heterocycles. The summed E-state index contributed by atoms with van der Waals surface area (Å²) >= 11 is 3.51. The van der Waals surface area contributed by atoms with Gasteiger partial charge in [-0.25, -0.2) is 0 Å². The molecule has 1 aromatic rings. The van der Waals surface area contributed by atoms with Gasteiger partial charge in [-0.05, 0) is 48.4 Å². The third-order valence-electron chi connectivity index (χ3n) is 2.50. The Kier molecular flexibility index (Phi) is 2.22. The monoisotopic (exact) mass is 224 g/mol. The lowest BCUT2D eigenvalue weighted by atomic mass is 10.0. The summed E-state index contributed by atoms with van der Waals surface area (Å²) in [5.41, 5.74) is 3.10. The van der Waals surface area contributed by atoms with Crippen LogP contribution in [0.3, 0.4) is 0 Å². The van der Waals surface area contributed by atoms with Gasteiger partial charge in [-0.15, -0.1) is 0 Å². The highest BCUT2D eigenvalue weighted by molar-refractivity contribution is 9.10. The zero-order valence-electron chi connectivity index (χ0n) is 7.31. The molecule has 1 aromatic carbocycles. The minimum atomic E-state index is 0.882. The van der Waals surface area contributed by atoms with Gasteiger partial charge in [0.25, 0.3) is 0 Å². The molecule has 0 radical (unpaired) electrons. The van der Waals surface area contributed by atoms with Gasteiger partial charge in [0.2, 0.25) is 0 Å². The van der Waals surface area contributed by atoms with E-state index in [1.165, 1.54) is 22.9 Å². The molecule has 0 spiro atoms. The van der Waals surface area contributed by atoms with Crippen molar-refractivity contribution < 1.29 is 0 Å². The molecule has 0 aliphatic heterocycles. The van der Waals surface area contributed by atoms with Crippen LogP contribution < -0.4 is 0 Å². The molecule has 1 aliphatic carbocycles. The normalized spacial score (nSPS) is 16.5. The van der Waals surface area contributed by atoms with Crippen LogP contribution in [0.1, 0.15) is 36.8 Å². The van der Waals surface area contributed by atoms with Gasteiger partial charge in [-0.2, -0.15) is 0 Å². The number of aryl methyl sites for hydroxylation is 1. The SMILES string of the molecule is CCc1cc(Br)ccc1C1CC1. The largest absolute Gasteiger partial charge is 0.0613 e. The Morgan fingerprint density at radius 3 is 2.75 bits per heavy atom. The third-order valence-corrected chi connectivity index (χ3v) is 3.00. The second kappa shape index (κ2) is 3.21. The molecule has 0 bridgehead atoms. The van der Waals surface area contributed by atoms with Gasteiger partial charge >= 0.3 is 0 Å². The van der Waals surface area contributed by atoms with Crippen LogP contribution >= 0.6 is 15.9 Å². The second-order valence-corrected chi connectivity index (χ2v) is 4.39. The van der Waals surface area contributed by atoms with E-state index < -0.39 is 0 Å². The van der Waals surface area contributed by atoms with Crippen molar-refractivity contribution in [1.82, 2.24) is 0 Å². The summed E-state index contributed by atoms with van der Waals surface area (Å²) in [6.07, 6.45) is 3.95. The summed E-state index contributed by atoms with van der Waals surface area (Å²) in [5.74, 6) is 0.882. The van der Waals surface area contributed by atoms with E-state index in [4.69, 9.17) is 0 Å². The van der Waals surface area contributed by atoms with Gasteiger partial charge in [0, 0.05) is 4.47 Å². The average molecular weight is 225 g/mol. The molecule has 1 saturated carbocycles. The number of halogens is 1. The molecule has 0 N–H and O–H groups in total. The summed E-state index contributed by atoms with van der Waals surface area (Å²) in [6.45, 7) is 2.23. The molecule has 0 atom stereocenters. The highest BCUT2D eigenvalue weighted by Gasteiger charge is 2.25. The van der Waals surface area contributed by atoms with Crippen LogP contribution in [0.15, 0.2) is 22.7 Å². The van der Waals surface area contributed by atoms with E-state index in [-0.39, 0.29) is 0 Å². The first-order chi connectivity index (χ1) is 5.81. The Morgan fingerprint density at radius 2 is 2.17 bits per heavy atom. The topological polar surface area (TPSA) is 0 Å². The highest BCUT2D eigenvalue weighted by atomic mass is 79.9. The zero-order valence-corrected chi connectivity index (χ0v) is 8.89. The van der Waals surface area contributed by atoms with E-state index in [0.29, 0.717) is 0 Å². The summed E-state index contributed by atoms with van der Waals surface area (Å²) in [6, 6.07) is 6.70. The standard InChI is InChI=1S/C11H13Br/c1-2-8-7-10(12)5-6-11(8)9-3-4-9/h5-7,9H,2-4H2,1H3. The molecule has 1 aliphatic rings. The number of hydrogen-bond acceptors (Lipinski definition) is 0. The van der Waals surface area contributed by atoms with Crippen molar-refractivity contribution in [2.45, 2.75) is 32.1 Å². The molecule has 1 heteroatoms. The number of hydrogen-bond donors (Lipinski definition) is 0. The molecule has 12 heavy (non-hydrogen) atoms. The van der Waals surface area contributed by atoms with Crippen LogP contribution in [0.5, 0.6) is 0 Å². The van der Waals surface area contributed by atoms with E-state index in [0.717, 1.165) is 12.3 Å². The number of rotatable bonds is 2. The van der Waals surface area contributed by atoms with Crippen LogP contribution in [0.2, 0.25) is 0 Å². The van der Waals surface area contributed by atoms with E-state index >= 15 is 0 Å². The summed E-state index contributed by atoms with van der Waals surface area (Å²) in [7, 11) is 0. The first-order valence-electron chi connectivity index (χ1n) is 4.59. The molecule has 0 heterocycles. The predicted octanol–water partition coefficient (Wildman–Crippen LogP) is 3.89. The lowest BCUT2D eigenvalue weighted by molar-refractivity contribution is 1.03. The van der Waals surface area contributed by atoms with Crippen LogP contribution in [0.4, 0.5) is 0 Å². The van der Waals surface area contributed by atoms with Crippen molar-refractivity contribution in [3.63, 3.8) is 0 Å². The Morgan fingerprint density at radius 1 is 1.42 bits per heavy atom. The molecule has 2 rings (SSSR count). The molecular formula is C11H13Br. The maximum atomic E-state index is 3.51. The lowest BCUT2D eigenvalue weighted by Crippen LogP contribution is -1.89. The molecule has 0 saturated heterocycles. The molecule has 1 fully saturated rings. The van der Waals surface area contributed by atoms with Crippen LogP contribution in [0, 0.1) is 0 Å². The van der Waals surface area contributed by atoms with Crippen LogP contribution in [-0.4, -0.2) is 0 Å². The maximum absolute atomic E-state index is 3.51. The fourth-order valence-corrected chi connectivity index (χ4v) is 2.08. The quantitative estimate of drug-likeness (QED) is 0.716. The minimum Gasteiger partial charge on any atom is -0.0613 e. The van der Waals surface area contributed by atoms with Gasteiger partial charge in [0.05, 0.1) is 0 Å². The molecule has 0 unspecified atom stereocenters. The minimum absolute atomic E-state index is 0.882. The first kappa shape index (κ1) is 8.31. The Hall–Kier alpha value is -0.300. The van der Waals surface area contributed by atoms with Crippen molar-refractivity contribution in [2.75, 3.05) is 0 Å². The van der Waals surface area contributed by atoms with Gasteiger partial charge in [0.15, 0.2) is 0 Å². The van der Waals surface area contributed by atoms with Crippen molar-refractivity contribution in [2.24, 2.45) is 0 Å². The highest BCUT2D eigenvalue weighted by Crippen LogP contribution is 2.42. The van der Waals surface area contributed by atoms with Gasteiger partial charge in [-0.1, -0.05) is 28.9 Å². The first-order valence-corrected chi connectivity index (χ1v) is 5.39. The number of benzene rings is 1. The fourth-order valence-electron chi connectivity index (χ4n) is 1.67. The van der Waals surface area contributed by atoms with E-state index in [1.807, 2.05) is 0 Å². The van der Waals surface area contributed by atoms with E-state index in [9.17, 15) is 0 Å². The molecule has 0 nitrogen and oxygen atoms in total. The van der Waals surface area contributed by atoms with Crippen molar-refractivity contribution in [1.29, 1.82) is 0 Å². The molecule has 0 amide bonds. The summed E-state index contributed by atoms with van der Waals surface area (Å²) < 4.78 is 1.21. The Balaban J connectivity index is 2.38. The van der Waals surface area contributed by atoms with Crippen molar-refractivity contribution in [3.8, 4) is 0 Å². The third kappa shape index (κ3) is 1.56. The summed E-state index contributed by atoms with van der Waals surface area (Å²) in [5, 5.41) is 0. The lowest BCUT2D eigenvalue weighted by Gasteiger charge is -2.06. The fraction of sp³-hybridized carbons (Fsp3) is 0.455. The zero-order chi connectivity index (χ0) is 8.55. The van der Waals surface area contributed by atoms with Gasteiger partial charge in [0.1, 0.15) is 0 Å².